The van der Waals surface area contributed by atoms with Crippen molar-refractivity contribution in [1.82, 2.24) is 5.32 Å². The molecule has 0 spiro atoms. The van der Waals surface area contributed by atoms with Crippen molar-refractivity contribution >= 4 is 17.1 Å². The summed E-state index contributed by atoms with van der Waals surface area (Å²) in [6, 6.07) is 6.40. The highest BCUT2D eigenvalue weighted by atomic mass is 16.6. The Morgan fingerprint density at radius 3 is 3.05 bits per heavy atom. The number of ether oxygens (including phenoxy) is 2. The van der Waals surface area contributed by atoms with Crippen LogP contribution in [0.15, 0.2) is 39.7 Å². The Bertz CT molecular complexity index is 655. The molecular weight excluding hydrogens is 262 g/mol. The molecule has 0 aliphatic heterocycles. The van der Waals surface area contributed by atoms with Crippen LogP contribution in [0.3, 0.4) is 0 Å². The van der Waals surface area contributed by atoms with Gasteiger partial charge in [0.05, 0.1) is 11.6 Å². The molecule has 20 heavy (non-hydrogen) atoms. The lowest BCUT2D eigenvalue weighted by Gasteiger charge is -2.07. The second kappa shape index (κ2) is 6.72. The van der Waals surface area contributed by atoms with E-state index >= 15 is 0 Å². The molecular formula is C14H17NO5. The van der Waals surface area contributed by atoms with Gasteiger partial charge in [-0.15, -0.1) is 0 Å². The predicted octanol–water partition coefficient (Wildman–Crippen LogP) is 2.26. The number of carbonyl (C=O) groups is 1. The van der Waals surface area contributed by atoms with Gasteiger partial charge in [-0.2, -0.15) is 0 Å². The van der Waals surface area contributed by atoms with E-state index in [0.29, 0.717) is 17.6 Å². The molecule has 1 N–H and O–H groups in total. The number of rotatable bonds is 5. The molecule has 2 aromatic rings. The SMILES string of the molecule is CCOCNC(=O)OCc1ccc2c(=O)ccoc2c1.[HH]. The first-order valence-corrected chi connectivity index (χ1v) is 6.19. The summed E-state index contributed by atoms with van der Waals surface area (Å²) >= 11 is 0. The Kier molecular flexibility index (Phi) is 4.73. The van der Waals surface area contributed by atoms with Crippen LogP contribution in [-0.4, -0.2) is 19.4 Å². The van der Waals surface area contributed by atoms with Gasteiger partial charge >= 0.3 is 6.09 Å². The van der Waals surface area contributed by atoms with Gasteiger partial charge in [-0.05, 0) is 24.6 Å². The summed E-state index contributed by atoms with van der Waals surface area (Å²) < 4.78 is 15.2. The zero-order valence-corrected chi connectivity index (χ0v) is 11.0. The van der Waals surface area contributed by atoms with Gasteiger partial charge in [0.15, 0.2) is 5.43 Å². The van der Waals surface area contributed by atoms with Crippen molar-refractivity contribution in [2.75, 3.05) is 13.3 Å². The monoisotopic (exact) mass is 279 g/mol. The lowest BCUT2D eigenvalue weighted by Crippen LogP contribution is -2.26. The molecule has 0 atom stereocenters. The third-order valence-corrected chi connectivity index (χ3v) is 2.62. The van der Waals surface area contributed by atoms with Crippen LogP contribution in [0.1, 0.15) is 13.9 Å². The average molecular weight is 279 g/mol. The Morgan fingerprint density at radius 2 is 2.25 bits per heavy atom. The molecule has 1 amide bonds. The lowest BCUT2D eigenvalue weighted by molar-refractivity contribution is 0.0987. The van der Waals surface area contributed by atoms with E-state index in [1.54, 1.807) is 18.2 Å². The van der Waals surface area contributed by atoms with Gasteiger partial charge in [0.1, 0.15) is 18.9 Å². The molecule has 0 saturated heterocycles. The van der Waals surface area contributed by atoms with Crippen molar-refractivity contribution in [3.8, 4) is 0 Å². The van der Waals surface area contributed by atoms with E-state index in [0.717, 1.165) is 5.56 Å². The van der Waals surface area contributed by atoms with E-state index < -0.39 is 6.09 Å². The van der Waals surface area contributed by atoms with Crippen LogP contribution < -0.4 is 10.7 Å². The highest BCUT2D eigenvalue weighted by molar-refractivity contribution is 5.76. The fourth-order valence-corrected chi connectivity index (χ4v) is 1.63. The second-order valence-electron chi connectivity index (χ2n) is 4.01. The first kappa shape index (κ1) is 14.1. The smallest absolute Gasteiger partial charge is 0.409 e. The van der Waals surface area contributed by atoms with Crippen LogP contribution in [0.2, 0.25) is 0 Å². The molecule has 0 unspecified atom stereocenters. The van der Waals surface area contributed by atoms with Crippen LogP contribution in [0.5, 0.6) is 0 Å². The molecule has 2 rings (SSSR count). The molecule has 6 nitrogen and oxygen atoms in total. The summed E-state index contributed by atoms with van der Waals surface area (Å²) in [6.45, 7) is 2.55. The normalized spacial score (nSPS) is 10.4. The maximum atomic E-state index is 11.5. The van der Waals surface area contributed by atoms with E-state index in [4.69, 9.17) is 13.9 Å². The van der Waals surface area contributed by atoms with Gasteiger partial charge in [0.25, 0.3) is 0 Å². The maximum absolute atomic E-state index is 11.5. The zero-order chi connectivity index (χ0) is 14.4. The summed E-state index contributed by atoms with van der Waals surface area (Å²) in [4.78, 5) is 22.9. The van der Waals surface area contributed by atoms with Crippen LogP contribution in [0.25, 0.3) is 11.0 Å². The van der Waals surface area contributed by atoms with Gasteiger partial charge in [-0.25, -0.2) is 4.79 Å². The summed E-state index contributed by atoms with van der Waals surface area (Å²) in [7, 11) is 0. The fraction of sp³-hybridized carbons (Fsp3) is 0.286. The van der Waals surface area contributed by atoms with E-state index in [1.165, 1.54) is 12.3 Å². The topological polar surface area (TPSA) is 77.8 Å². The number of amides is 1. The van der Waals surface area contributed by atoms with Gasteiger partial charge < -0.3 is 13.9 Å². The number of alkyl carbamates (subject to hydrolysis) is 1. The average Bonchev–Trinajstić information content (AvgIpc) is 2.45. The number of benzene rings is 1. The summed E-state index contributed by atoms with van der Waals surface area (Å²) in [6.07, 6.45) is 0.775. The highest BCUT2D eigenvalue weighted by Crippen LogP contribution is 2.13. The Labute approximate surface area is 116 Å². The van der Waals surface area contributed by atoms with Gasteiger partial charge in [-0.3, -0.25) is 10.1 Å². The number of nitrogens with one attached hydrogen (secondary N) is 1. The molecule has 0 saturated carbocycles. The molecule has 0 bridgehead atoms. The molecule has 1 aromatic heterocycles. The standard InChI is InChI=1S/C14H15NO5.H2/c1-2-18-9-15-14(17)20-8-10-3-4-11-12(16)5-6-19-13(11)7-10;/h3-7H,2,8-9H2,1H3,(H,15,17);1H. The quantitative estimate of drug-likeness (QED) is 0.671. The summed E-state index contributed by atoms with van der Waals surface area (Å²) in [5.41, 5.74) is 1.10. The van der Waals surface area contributed by atoms with Gasteiger partial charge in [0.2, 0.25) is 0 Å². The number of fused-ring (bicyclic) bond motifs is 1. The molecule has 0 aliphatic rings. The van der Waals surface area contributed by atoms with Crippen molar-refractivity contribution in [1.29, 1.82) is 0 Å². The van der Waals surface area contributed by atoms with E-state index in [9.17, 15) is 9.59 Å². The molecule has 108 valence electrons. The van der Waals surface area contributed by atoms with E-state index in [-0.39, 0.29) is 20.2 Å². The van der Waals surface area contributed by atoms with Crippen LogP contribution in [-0.2, 0) is 16.1 Å². The largest absolute Gasteiger partial charge is 0.464 e. The Hall–Kier alpha value is -2.34. The number of hydrogen-bond acceptors (Lipinski definition) is 5. The fourth-order valence-electron chi connectivity index (χ4n) is 1.63. The van der Waals surface area contributed by atoms with Crippen molar-refractivity contribution in [2.45, 2.75) is 13.5 Å². The van der Waals surface area contributed by atoms with E-state index in [1.807, 2.05) is 6.92 Å². The van der Waals surface area contributed by atoms with Gasteiger partial charge in [0, 0.05) is 14.1 Å². The molecule has 1 aromatic carbocycles. The van der Waals surface area contributed by atoms with Crippen molar-refractivity contribution in [3.05, 3.63) is 46.3 Å². The predicted molar refractivity (Wildman–Crippen MR) is 74.4 cm³/mol. The molecule has 6 heteroatoms. The minimum Gasteiger partial charge on any atom is -0.464 e. The third-order valence-electron chi connectivity index (χ3n) is 2.62. The maximum Gasteiger partial charge on any atom is 0.409 e. The van der Waals surface area contributed by atoms with E-state index in [2.05, 4.69) is 5.32 Å². The van der Waals surface area contributed by atoms with Crippen molar-refractivity contribution in [3.63, 3.8) is 0 Å². The van der Waals surface area contributed by atoms with Crippen molar-refractivity contribution in [2.24, 2.45) is 0 Å². The third kappa shape index (κ3) is 3.58. The summed E-state index contributed by atoms with van der Waals surface area (Å²) in [5.74, 6) is 0. The molecule has 0 aliphatic carbocycles. The number of hydrogen-bond donors (Lipinski definition) is 1. The Balaban J connectivity index is 0.00000220. The van der Waals surface area contributed by atoms with Gasteiger partial charge in [-0.1, -0.05) is 6.07 Å². The zero-order valence-electron chi connectivity index (χ0n) is 11.0. The lowest BCUT2D eigenvalue weighted by atomic mass is 10.1. The van der Waals surface area contributed by atoms with Crippen LogP contribution in [0, 0.1) is 0 Å². The second-order valence-corrected chi connectivity index (χ2v) is 4.01. The first-order valence-electron chi connectivity index (χ1n) is 6.19. The minimum atomic E-state index is -0.562. The summed E-state index contributed by atoms with van der Waals surface area (Å²) in [5, 5.41) is 2.94. The minimum absolute atomic E-state index is 0. The highest BCUT2D eigenvalue weighted by Gasteiger charge is 2.05. The Morgan fingerprint density at radius 1 is 1.40 bits per heavy atom. The molecule has 0 radical (unpaired) electrons. The molecule has 1 heterocycles. The van der Waals surface area contributed by atoms with Crippen LogP contribution in [0.4, 0.5) is 4.79 Å². The molecule has 0 fully saturated rings. The van der Waals surface area contributed by atoms with Crippen LogP contribution >= 0.6 is 0 Å². The number of carbonyl (C=O) groups excluding carboxylic acids is 1. The first-order chi connectivity index (χ1) is 9.70. The van der Waals surface area contributed by atoms with Crippen molar-refractivity contribution < 1.29 is 20.1 Å².